The van der Waals surface area contributed by atoms with Crippen molar-refractivity contribution in [2.45, 2.75) is 50.3 Å². The van der Waals surface area contributed by atoms with Crippen LogP contribution in [0.25, 0.3) is 0 Å². The van der Waals surface area contributed by atoms with E-state index in [0.717, 1.165) is 29.6 Å². The fourth-order valence-electron chi connectivity index (χ4n) is 2.49. The quantitative estimate of drug-likeness (QED) is 0.767. The molecule has 0 saturated heterocycles. The molecule has 1 aromatic carbocycles. The molecule has 3 heteroatoms. The Morgan fingerprint density at radius 1 is 1.21 bits per heavy atom. The van der Waals surface area contributed by atoms with E-state index < -0.39 is 0 Å². The maximum atomic E-state index is 5.77. The van der Waals surface area contributed by atoms with Gasteiger partial charge in [0.25, 0.3) is 0 Å². The molecule has 1 saturated carbocycles. The molecule has 1 aliphatic rings. The Kier molecular flexibility index (Phi) is 6.58. The zero-order valence-electron chi connectivity index (χ0n) is 11.6. The van der Waals surface area contributed by atoms with Crippen molar-refractivity contribution in [3.63, 3.8) is 0 Å². The maximum absolute atomic E-state index is 5.77. The normalized spacial score (nSPS) is 16.5. The minimum absolute atomic E-state index is 0.578. The number of benzene rings is 1. The summed E-state index contributed by atoms with van der Waals surface area (Å²) in [5.74, 6) is 2.17. The van der Waals surface area contributed by atoms with Crippen molar-refractivity contribution in [3.8, 4) is 5.75 Å². The van der Waals surface area contributed by atoms with Gasteiger partial charge in [-0.25, -0.2) is 0 Å². The van der Waals surface area contributed by atoms with Crippen LogP contribution in [-0.2, 0) is 6.54 Å². The maximum Gasteiger partial charge on any atom is 0.119 e. The van der Waals surface area contributed by atoms with Crippen molar-refractivity contribution in [3.05, 3.63) is 29.8 Å². The molecule has 0 atom stereocenters. The van der Waals surface area contributed by atoms with Crippen LogP contribution in [-0.4, -0.2) is 17.6 Å². The smallest absolute Gasteiger partial charge is 0.119 e. The predicted octanol–water partition coefficient (Wildman–Crippen LogP) is 3.98. The SMILES string of the molecule is NCc1cccc(OCCCSC2CCCCC2)c1. The van der Waals surface area contributed by atoms with Crippen LogP contribution in [0.1, 0.15) is 44.1 Å². The molecule has 1 aliphatic carbocycles. The summed E-state index contributed by atoms with van der Waals surface area (Å²) in [6.45, 7) is 1.39. The monoisotopic (exact) mass is 279 g/mol. The average Bonchev–Trinajstić information content (AvgIpc) is 2.48. The topological polar surface area (TPSA) is 35.2 Å². The Hall–Kier alpha value is -0.670. The third kappa shape index (κ3) is 5.45. The summed E-state index contributed by atoms with van der Waals surface area (Å²) in [7, 11) is 0. The Balaban J connectivity index is 1.58. The summed E-state index contributed by atoms with van der Waals surface area (Å²) in [5.41, 5.74) is 6.75. The highest BCUT2D eigenvalue weighted by atomic mass is 32.2. The van der Waals surface area contributed by atoms with E-state index in [0.29, 0.717) is 6.54 Å². The molecule has 1 fully saturated rings. The van der Waals surface area contributed by atoms with Crippen LogP contribution < -0.4 is 10.5 Å². The molecule has 0 unspecified atom stereocenters. The zero-order valence-corrected chi connectivity index (χ0v) is 12.5. The van der Waals surface area contributed by atoms with Crippen molar-refractivity contribution < 1.29 is 4.74 Å². The highest BCUT2D eigenvalue weighted by Gasteiger charge is 2.12. The van der Waals surface area contributed by atoms with Crippen LogP contribution in [0.3, 0.4) is 0 Å². The summed E-state index contributed by atoms with van der Waals surface area (Å²) in [6, 6.07) is 8.09. The molecule has 0 spiro atoms. The van der Waals surface area contributed by atoms with Gasteiger partial charge in [-0.05, 0) is 42.7 Å². The summed E-state index contributed by atoms with van der Waals surface area (Å²) in [6.07, 6.45) is 8.28. The molecular formula is C16H25NOS. The molecular weight excluding hydrogens is 254 g/mol. The lowest BCUT2D eigenvalue weighted by Crippen LogP contribution is -2.09. The van der Waals surface area contributed by atoms with Crippen molar-refractivity contribution >= 4 is 11.8 Å². The number of ether oxygens (including phenoxy) is 1. The number of rotatable bonds is 7. The largest absolute Gasteiger partial charge is 0.494 e. The molecule has 1 aromatic rings. The van der Waals surface area contributed by atoms with E-state index in [2.05, 4.69) is 11.8 Å². The highest BCUT2D eigenvalue weighted by molar-refractivity contribution is 7.99. The Bertz CT molecular complexity index is 364. The second-order valence-corrected chi connectivity index (χ2v) is 6.59. The lowest BCUT2D eigenvalue weighted by molar-refractivity contribution is 0.318. The molecule has 2 nitrogen and oxygen atoms in total. The number of nitrogens with two attached hydrogens (primary N) is 1. The van der Waals surface area contributed by atoms with Crippen LogP contribution in [0.5, 0.6) is 5.75 Å². The van der Waals surface area contributed by atoms with Crippen LogP contribution in [0.2, 0.25) is 0 Å². The van der Waals surface area contributed by atoms with E-state index in [9.17, 15) is 0 Å². The number of hydrogen-bond donors (Lipinski definition) is 1. The molecule has 0 aromatic heterocycles. The summed E-state index contributed by atoms with van der Waals surface area (Å²) >= 11 is 2.14. The first-order valence-corrected chi connectivity index (χ1v) is 8.47. The molecule has 19 heavy (non-hydrogen) atoms. The Morgan fingerprint density at radius 2 is 2.05 bits per heavy atom. The van der Waals surface area contributed by atoms with Crippen molar-refractivity contribution in [2.24, 2.45) is 5.73 Å². The van der Waals surface area contributed by atoms with Gasteiger partial charge in [0.15, 0.2) is 0 Å². The Labute approximate surface area is 121 Å². The van der Waals surface area contributed by atoms with Gasteiger partial charge in [-0.1, -0.05) is 31.4 Å². The third-order valence-corrected chi connectivity index (χ3v) is 5.06. The molecule has 0 radical (unpaired) electrons. The van der Waals surface area contributed by atoms with E-state index in [1.165, 1.54) is 37.9 Å². The standard InChI is InChI=1S/C16H25NOS/c17-13-14-6-4-7-15(12-14)18-10-5-11-19-16-8-2-1-3-9-16/h4,6-7,12,16H,1-3,5,8-11,13,17H2. The van der Waals surface area contributed by atoms with Gasteiger partial charge < -0.3 is 10.5 Å². The van der Waals surface area contributed by atoms with E-state index in [4.69, 9.17) is 10.5 Å². The van der Waals surface area contributed by atoms with Crippen LogP contribution in [0.4, 0.5) is 0 Å². The van der Waals surface area contributed by atoms with Crippen LogP contribution in [0.15, 0.2) is 24.3 Å². The van der Waals surface area contributed by atoms with Gasteiger partial charge in [0.2, 0.25) is 0 Å². The minimum atomic E-state index is 0.578. The first-order valence-electron chi connectivity index (χ1n) is 7.42. The molecule has 0 amide bonds. The molecule has 2 N–H and O–H groups in total. The van der Waals surface area contributed by atoms with E-state index >= 15 is 0 Å². The van der Waals surface area contributed by atoms with Crippen LogP contribution in [0, 0.1) is 0 Å². The van der Waals surface area contributed by atoms with Gasteiger partial charge in [0.1, 0.15) is 5.75 Å². The van der Waals surface area contributed by atoms with Gasteiger partial charge in [0, 0.05) is 11.8 Å². The molecule has 0 bridgehead atoms. The first kappa shape index (κ1) is 14.7. The van der Waals surface area contributed by atoms with E-state index in [1.54, 1.807) is 0 Å². The van der Waals surface area contributed by atoms with Gasteiger partial charge in [-0.15, -0.1) is 0 Å². The fourth-order valence-corrected chi connectivity index (χ4v) is 3.78. The lowest BCUT2D eigenvalue weighted by Gasteiger charge is -2.20. The minimum Gasteiger partial charge on any atom is -0.494 e. The van der Waals surface area contributed by atoms with Crippen molar-refractivity contribution in [1.29, 1.82) is 0 Å². The van der Waals surface area contributed by atoms with E-state index in [-0.39, 0.29) is 0 Å². The number of hydrogen-bond acceptors (Lipinski definition) is 3. The third-order valence-electron chi connectivity index (χ3n) is 3.60. The Morgan fingerprint density at radius 3 is 2.84 bits per heavy atom. The second-order valence-electron chi connectivity index (χ2n) is 5.18. The van der Waals surface area contributed by atoms with Gasteiger partial charge >= 0.3 is 0 Å². The van der Waals surface area contributed by atoms with Gasteiger partial charge in [-0.2, -0.15) is 11.8 Å². The molecule has 106 valence electrons. The van der Waals surface area contributed by atoms with Crippen molar-refractivity contribution in [2.75, 3.05) is 12.4 Å². The molecule has 0 aliphatic heterocycles. The number of thioether (sulfide) groups is 1. The summed E-state index contributed by atoms with van der Waals surface area (Å²) in [5, 5.41) is 0.911. The summed E-state index contributed by atoms with van der Waals surface area (Å²) in [4.78, 5) is 0. The average molecular weight is 279 g/mol. The van der Waals surface area contributed by atoms with Gasteiger partial charge in [0.05, 0.1) is 6.61 Å². The molecule has 2 rings (SSSR count). The van der Waals surface area contributed by atoms with Crippen molar-refractivity contribution in [1.82, 2.24) is 0 Å². The highest BCUT2D eigenvalue weighted by Crippen LogP contribution is 2.28. The van der Waals surface area contributed by atoms with Crippen LogP contribution >= 0.6 is 11.8 Å². The first-order chi connectivity index (χ1) is 9.38. The fraction of sp³-hybridized carbons (Fsp3) is 0.625. The second kappa shape index (κ2) is 8.49. The summed E-state index contributed by atoms with van der Waals surface area (Å²) < 4.78 is 5.77. The lowest BCUT2D eigenvalue weighted by atomic mass is 10.0. The van der Waals surface area contributed by atoms with E-state index in [1.807, 2.05) is 24.3 Å². The predicted molar refractivity (Wildman–Crippen MR) is 83.8 cm³/mol. The zero-order chi connectivity index (χ0) is 13.3. The van der Waals surface area contributed by atoms with Gasteiger partial charge in [-0.3, -0.25) is 0 Å². The molecule has 0 heterocycles.